The van der Waals surface area contributed by atoms with Crippen molar-refractivity contribution in [1.29, 1.82) is 0 Å². The van der Waals surface area contributed by atoms with Crippen molar-refractivity contribution in [3.8, 4) is 11.5 Å². The topological polar surface area (TPSA) is 55.8 Å². The van der Waals surface area contributed by atoms with E-state index in [0.717, 1.165) is 5.56 Å². The Morgan fingerprint density at radius 3 is 2.48 bits per heavy atom. The van der Waals surface area contributed by atoms with Crippen LogP contribution in [0, 0.1) is 0 Å². The van der Waals surface area contributed by atoms with Gasteiger partial charge in [-0.15, -0.1) is 11.8 Å². The first-order valence-electron chi connectivity index (χ1n) is 7.58. The molecule has 1 heterocycles. The molecule has 1 fully saturated rings. The third-order valence-corrected chi connectivity index (χ3v) is 7.48. The van der Waals surface area contributed by atoms with E-state index in [1.165, 1.54) is 16.4 Å². The summed E-state index contributed by atoms with van der Waals surface area (Å²) in [6, 6.07) is 11.6. The van der Waals surface area contributed by atoms with Gasteiger partial charge in [-0.2, -0.15) is 4.31 Å². The minimum atomic E-state index is -3.64. The Balaban J connectivity index is 2.02. The summed E-state index contributed by atoms with van der Waals surface area (Å²) >= 11 is 7.44. The summed E-state index contributed by atoms with van der Waals surface area (Å²) in [6.45, 7) is 0.431. The number of methoxy groups -OCH3 is 2. The van der Waals surface area contributed by atoms with Crippen LogP contribution in [0.5, 0.6) is 11.5 Å². The Labute approximate surface area is 156 Å². The number of halogens is 1. The van der Waals surface area contributed by atoms with Crippen molar-refractivity contribution in [2.24, 2.45) is 0 Å². The first-order valence-corrected chi connectivity index (χ1v) is 10.4. The predicted octanol–water partition coefficient (Wildman–Crippen LogP) is 3.79. The van der Waals surface area contributed by atoms with Gasteiger partial charge in [0, 0.05) is 22.9 Å². The molecule has 3 rings (SSSR count). The van der Waals surface area contributed by atoms with Gasteiger partial charge in [-0.25, -0.2) is 8.42 Å². The van der Waals surface area contributed by atoms with Gasteiger partial charge < -0.3 is 9.47 Å². The summed E-state index contributed by atoms with van der Waals surface area (Å²) < 4.78 is 38.4. The van der Waals surface area contributed by atoms with Gasteiger partial charge in [0.2, 0.25) is 10.0 Å². The molecule has 0 aromatic heterocycles. The molecule has 0 N–H and O–H groups in total. The van der Waals surface area contributed by atoms with Crippen molar-refractivity contribution < 1.29 is 17.9 Å². The lowest BCUT2D eigenvalue weighted by Crippen LogP contribution is -2.30. The van der Waals surface area contributed by atoms with E-state index in [1.54, 1.807) is 50.2 Å². The Bertz CT molecular complexity index is 855. The molecule has 0 saturated carbocycles. The van der Waals surface area contributed by atoms with Gasteiger partial charge >= 0.3 is 0 Å². The third-order valence-electron chi connectivity index (χ3n) is 3.97. The van der Waals surface area contributed by atoms with Crippen LogP contribution in [0.25, 0.3) is 0 Å². The fraction of sp³-hybridized carbons (Fsp3) is 0.294. The molecule has 25 heavy (non-hydrogen) atoms. The molecule has 1 atom stereocenters. The monoisotopic (exact) mass is 399 g/mol. The Kier molecular flexibility index (Phi) is 5.48. The van der Waals surface area contributed by atoms with E-state index in [9.17, 15) is 8.42 Å². The van der Waals surface area contributed by atoms with Crippen molar-refractivity contribution >= 4 is 33.4 Å². The van der Waals surface area contributed by atoms with Crippen molar-refractivity contribution in [1.82, 2.24) is 4.31 Å². The average Bonchev–Trinajstić information content (AvgIpc) is 3.12. The molecule has 8 heteroatoms. The van der Waals surface area contributed by atoms with Crippen LogP contribution in [0.15, 0.2) is 47.4 Å². The van der Waals surface area contributed by atoms with Crippen molar-refractivity contribution in [2.45, 2.75) is 10.3 Å². The molecule has 1 aliphatic heterocycles. The minimum Gasteiger partial charge on any atom is -0.497 e. The second kappa shape index (κ2) is 7.45. The number of nitrogens with zero attached hydrogens (tertiary/aromatic N) is 1. The number of sulfonamides is 1. The maximum Gasteiger partial charge on any atom is 0.244 e. The van der Waals surface area contributed by atoms with E-state index in [0.29, 0.717) is 28.8 Å². The molecule has 1 aliphatic rings. The zero-order chi connectivity index (χ0) is 18.0. The van der Waals surface area contributed by atoms with E-state index < -0.39 is 10.0 Å². The lowest BCUT2D eigenvalue weighted by atomic mass is 10.2. The SMILES string of the molecule is COc1ccc(OC)c([C@@H]2SCCN2S(=O)(=O)c2ccc(Cl)cc2)c1. The van der Waals surface area contributed by atoms with Crippen molar-refractivity contribution in [3.63, 3.8) is 0 Å². The van der Waals surface area contributed by atoms with Crippen LogP contribution in [0.1, 0.15) is 10.9 Å². The molecule has 5 nitrogen and oxygen atoms in total. The van der Waals surface area contributed by atoms with E-state index in [1.807, 2.05) is 6.07 Å². The van der Waals surface area contributed by atoms with Gasteiger partial charge in [0.15, 0.2) is 0 Å². The molecular weight excluding hydrogens is 382 g/mol. The van der Waals surface area contributed by atoms with Gasteiger partial charge in [0.25, 0.3) is 0 Å². The zero-order valence-electron chi connectivity index (χ0n) is 13.8. The molecule has 0 spiro atoms. The van der Waals surface area contributed by atoms with E-state index in [-0.39, 0.29) is 10.3 Å². The number of hydrogen-bond acceptors (Lipinski definition) is 5. The van der Waals surface area contributed by atoms with E-state index in [4.69, 9.17) is 21.1 Å². The normalized spacial score (nSPS) is 18.3. The summed E-state index contributed by atoms with van der Waals surface area (Å²) in [5.41, 5.74) is 0.780. The smallest absolute Gasteiger partial charge is 0.244 e. The Morgan fingerprint density at radius 2 is 1.84 bits per heavy atom. The maximum absolute atomic E-state index is 13.1. The van der Waals surface area contributed by atoms with Crippen LogP contribution in [0.2, 0.25) is 5.02 Å². The third kappa shape index (κ3) is 3.60. The molecule has 1 saturated heterocycles. The summed E-state index contributed by atoms with van der Waals surface area (Å²) in [7, 11) is -0.488. The lowest BCUT2D eigenvalue weighted by Gasteiger charge is -2.25. The van der Waals surface area contributed by atoms with Crippen LogP contribution in [0.4, 0.5) is 0 Å². The molecule has 134 valence electrons. The first kappa shape index (κ1) is 18.4. The van der Waals surface area contributed by atoms with Crippen LogP contribution < -0.4 is 9.47 Å². The molecular formula is C17H18ClNO4S2. The zero-order valence-corrected chi connectivity index (χ0v) is 16.2. The van der Waals surface area contributed by atoms with E-state index in [2.05, 4.69) is 0 Å². The second-order valence-electron chi connectivity index (χ2n) is 5.40. The molecule has 0 bridgehead atoms. The van der Waals surface area contributed by atoms with Crippen LogP contribution in [0.3, 0.4) is 0 Å². The van der Waals surface area contributed by atoms with Crippen molar-refractivity contribution in [2.75, 3.05) is 26.5 Å². The molecule has 0 aliphatic carbocycles. The summed E-state index contributed by atoms with van der Waals surface area (Å²) in [5, 5.41) is 0.131. The lowest BCUT2D eigenvalue weighted by molar-refractivity contribution is 0.382. The molecule has 2 aromatic rings. The number of thioether (sulfide) groups is 1. The Hall–Kier alpha value is -1.41. The maximum atomic E-state index is 13.1. The molecule has 0 unspecified atom stereocenters. The number of ether oxygens (including phenoxy) is 2. The number of benzene rings is 2. The highest BCUT2D eigenvalue weighted by Gasteiger charge is 2.38. The van der Waals surface area contributed by atoms with Gasteiger partial charge in [0.05, 0.1) is 24.5 Å². The Morgan fingerprint density at radius 1 is 1.12 bits per heavy atom. The number of rotatable bonds is 5. The largest absolute Gasteiger partial charge is 0.497 e. The minimum absolute atomic E-state index is 0.228. The van der Waals surface area contributed by atoms with Gasteiger partial charge in [-0.3, -0.25) is 0 Å². The quantitative estimate of drug-likeness (QED) is 0.765. The summed E-state index contributed by atoms with van der Waals surface area (Å²) in [6.07, 6.45) is 0. The highest BCUT2D eigenvalue weighted by Crippen LogP contribution is 2.45. The second-order valence-corrected chi connectivity index (χ2v) is 8.92. The van der Waals surface area contributed by atoms with Gasteiger partial charge in [-0.05, 0) is 42.5 Å². The standard InChI is InChI=1S/C17H18ClNO4S2/c1-22-13-5-8-16(23-2)15(11-13)17-19(9-10-24-17)25(20,21)14-6-3-12(18)4-7-14/h3-8,11,17H,9-10H2,1-2H3/t17-/m0/s1. The molecule has 0 amide bonds. The van der Waals surface area contributed by atoms with Crippen LogP contribution in [-0.4, -0.2) is 39.2 Å². The van der Waals surface area contributed by atoms with E-state index >= 15 is 0 Å². The fourth-order valence-corrected chi connectivity index (χ4v) is 6.09. The van der Waals surface area contributed by atoms with Crippen LogP contribution >= 0.6 is 23.4 Å². The molecule has 2 aromatic carbocycles. The van der Waals surface area contributed by atoms with Gasteiger partial charge in [-0.1, -0.05) is 11.6 Å². The highest BCUT2D eigenvalue weighted by molar-refractivity contribution is 8.01. The number of hydrogen-bond donors (Lipinski definition) is 0. The van der Waals surface area contributed by atoms with Crippen LogP contribution in [-0.2, 0) is 10.0 Å². The molecule has 0 radical (unpaired) electrons. The summed E-state index contributed by atoms with van der Waals surface area (Å²) in [5.74, 6) is 2.00. The average molecular weight is 400 g/mol. The summed E-state index contributed by atoms with van der Waals surface area (Å²) in [4.78, 5) is 0.228. The fourth-order valence-electron chi connectivity index (χ4n) is 2.72. The highest BCUT2D eigenvalue weighted by atomic mass is 35.5. The predicted molar refractivity (Wildman–Crippen MR) is 100 cm³/mol. The first-order chi connectivity index (χ1) is 12.0. The van der Waals surface area contributed by atoms with Crippen molar-refractivity contribution in [3.05, 3.63) is 53.1 Å². The van der Waals surface area contributed by atoms with Gasteiger partial charge in [0.1, 0.15) is 11.5 Å².